The van der Waals surface area contributed by atoms with Crippen LogP contribution in [-0.2, 0) is 23.1 Å². The summed E-state index contributed by atoms with van der Waals surface area (Å²) < 4.78 is 44.6. The Labute approximate surface area is 156 Å². The van der Waals surface area contributed by atoms with Crippen LogP contribution in [-0.4, -0.2) is 30.7 Å². The molecule has 2 aromatic carbocycles. The van der Waals surface area contributed by atoms with Gasteiger partial charge in [-0.15, -0.1) is 0 Å². The second-order valence-electron chi connectivity index (χ2n) is 6.11. The lowest BCUT2D eigenvalue weighted by Gasteiger charge is -2.17. The number of aromatic nitrogens is 1. The fraction of sp³-hybridized carbons (Fsp3) is 0.278. The predicted molar refractivity (Wildman–Crippen MR) is 101 cm³/mol. The van der Waals surface area contributed by atoms with Crippen LogP contribution in [0.25, 0.3) is 11.1 Å². The third-order valence-electron chi connectivity index (χ3n) is 4.13. The molecule has 3 rings (SSSR count). The lowest BCUT2D eigenvalue weighted by Crippen LogP contribution is -2.21. The van der Waals surface area contributed by atoms with Gasteiger partial charge in [-0.1, -0.05) is 19.1 Å². The molecule has 0 saturated heterocycles. The highest BCUT2D eigenvalue weighted by Gasteiger charge is 2.16. The minimum Gasteiger partial charge on any atom is -0.429 e. The van der Waals surface area contributed by atoms with Gasteiger partial charge in [-0.05, 0) is 55.2 Å². The van der Waals surface area contributed by atoms with Crippen molar-refractivity contribution >= 4 is 33.2 Å². The van der Waals surface area contributed by atoms with Crippen LogP contribution in [0.1, 0.15) is 12.5 Å². The van der Waals surface area contributed by atoms with Gasteiger partial charge in [0.2, 0.25) is 0 Å². The van der Waals surface area contributed by atoms with Crippen LogP contribution in [0.15, 0.2) is 51.8 Å². The molecule has 0 saturated carbocycles. The average Bonchev–Trinajstić information content (AvgIpc) is 2.92. The van der Waals surface area contributed by atoms with Crippen LogP contribution < -0.4 is 0 Å². The predicted octanol–water partition coefficient (Wildman–Crippen LogP) is 3.99. The Bertz CT molecular complexity index is 1090. The van der Waals surface area contributed by atoms with E-state index in [9.17, 15) is 12.8 Å². The quantitative estimate of drug-likeness (QED) is 0.592. The molecule has 138 valence electrons. The highest BCUT2D eigenvalue weighted by atomic mass is 32.2. The van der Waals surface area contributed by atoms with E-state index in [1.54, 1.807) is 35.8 Å². The van der Waals surface area contributed by atoms with Gasteiger partial charge in [0.1, 0.15) is 5.82 Å². The first-order chi connectivity index (χ1) is 12.3. The van der Waals surface area contributed by atoms with Crippen molar-refractivity contribution in [3.63, 3.8) is 0 Å². The first-order valence-corrected chi connectivity index (χ1v) is 10.2. The summed E-state index contributed by atoms with van der Waals surface area (Å²) in [5, 5.41) is 0. The Kier molecular flexibility index (Phi) is 5.27. The maximum absolute atomic E-state index is 13.0. The van der Waals surface area contributed by atoms with Gasteiger partial charge in [-0.25, -0.2) is 12.8 Å². The number of hydrogen-bond acceptors (Lipinski definition) is 5. The minimum atomic E-state index is -3.32. The van der Waals surface area contributed by atoms with Gasteiger partial charge in [0.05, 0.1) is 22.8 Å². The summed E-state index contributed by atoms with van der Waals surface area (Å²) in [5.41, 5.74) is 2.14. The van der Waals surface area contributed by atoms with Crippen molar-refractivity contribution in [2.75, 3.05) is 12.8 Å². The Morgan fingerprint density at radius 2 is 1.88 bits per heavy atom. The molecule has 0 bridgehead atoms. The first-order valence-electron chi connectivity index (χ1n) is 8.09. The molecule has 26 heavy (non-hydrogen) atoms. The van der Waals surface area contributed by atoms with Crippen LogP contribution in [0.5, 0.6) is 0 Å². The molecule has 0 aliphatic heterocycles. The molecular formula is C18H19FN2O3S2. The van der Waals surface area contributed by atoms with Crippen molar-refractivity contribution in [2.45, 2.75) is 25.0 Å². The second-order valence-corrected chi connectivity index (χ2v) is 8.74. The highest BCUT2D eigenvalue weighted by Crippen LogP contribution is 2.23. The number of benzene rings is 2. The van der Waals surface area contributed by atoms with E-state index >= 15 is 0 Å². The second kappa shape index (κ2) is 7.30. The lowest BCUT2D eigenvalue weighted by atomic mass is 10.2. The monoisotopic (exact) mass is 394 g/mol. The molecule has 1 aromatic heterocycles. The largest absolute Gasteiger partial charge is 0.429 e. The summed E-state index contributed by atoms with van der Waals surface area (Å²) in [6, 6.07) is 11.1. The van der Waals surface area contributed by atoms with Gasteiger partial charge in [-0.3, -0.25) is 9.47 Å². The molecule has 0 radical (unpaired) electrons. The van der Waals surface area contributed by atoms with Gasteiger partial charge >= 0.3 is 0 Å². The zero-order valence-corrected chi connectivity index (χ0v) is 16.1. The smallest absolute Gasteiger partial charge is 0.270 e. The lowest BCUT2D eigenvalue weighted by molar-refractivity contribution is 0.257. The number of sulfone groups is 1. The van der Waals surface area contributed by atoms with Crippen LogP contribution in [0.4, 0.5) is 4.39 Å². The molecule has 8 heteroatoms. The number of fused-ring (bicyclic) bond motifs is 1. The molecule has 0 aliphatic carbocycles. The minimum absolute atomic E-state index is 0.0293. The van der Waals surface area contributed by atoms with Gasteiger partial charge in [0.15, 0.2) is 15.4 Å². The van der Waals surface area contributed by atoms with Crippen molar-refractivity contribution in [1.82, 2.24) is 9.47 Å². The average molecular weight is 394 g/mol. The van der Waals surface area contributed by atoms with Gasteiger partial charge < -0.3 is 4.42 Å². The van der Waals surface area contributed by atoms with Crippen LogP contribution >= 0.6 is 12.2 Å². The van der Waals surface area contributed by atoms with E-state index in [1.807, 2.05) is 11.9 Å². The van der Waals surface area contributed by atoms with Gasteiger partial charge in [0, 0.05) is 6.54 Å². The number of nitrogens with zero attached hydrogens (tertiary/aromatic N) is 2. The molecule has 0 atom stereocenters. The Morgan fingerprint density at radius 3 is 2.54 bits per heavy atom. The summed E-state index contributed by atoms with van der Waals surface area (Å²) in [5.74, 6) is -0.245. The van der Waals surface area contributed by atoms with E-state index in [0.717, 1.165) is 5.56 Å². The maximum atomic E-state index is 13.0. The van der Waals surface area contributed by atoms with Crippen molar-refractivity contribution in [2.24, 2.45) is 0 Å². The number of halogens is 1. The molecular weight excluding hydrogens is 375 g/mol. The molecule has 0 fully saturated rings. The summed E-state index contributed by atoms with van der Waals surface area (Å²) >= 11 is 5.29. The molecule has 1 heterocycles. The zero-order valence-electron chi connectivity index (χ0n) is 14.5. The maximum Gasteiger partial charge on any atom is 0.270 e. The molecule has 0 unspecified atom stereocenters. The number of oxazole rings is 1. The summed E-state index contributed by atoms with van der Waals surface area (Å²) in [7, 11) is -1.42. The van der Waals surface area contributed by atoms with E-state index in [1.165, 1.54) is 18.2 Å². The molecule has 0 aliphatic rings. The number of rotatable bonds is 6. The van der Waals surface area contributed by atoms with E-state index in [2.05, 4.69) is 0 Å². The molecule has 0 spiro atoms. The van der Waals surface area contributed by atoms with E-state index in [-0.39, 0.29) is 21.3 Å². The topological polar surface area (TPSA) is 55.5 Å². The fourth-order valence-corrected chi connectivity index (χ4v) is 3.87. The molecule has 5 nitrogen and oxygen atoms in total. The van der Waals surface area contributed by atoms with E-state index in [4.69, 9.17) is 16.6 Å². The Hall–Kier alpha value is -2.03. The van der Waals surface area contributed by atoms with Crippen LogP contribution in [0.2, 0.25) is 0 Å². The SMILES string of the molecule is CCS(=O)(=O)c1ccc2oc(=S)n(CN(C)Cc3ccc(F)cc3)c2c1. The van der Waals surface area contributed by atoms with Crippen LogP contribution in [0.3, 0.4) is 0 Å². The number of hydrogen-bond donors (Lipinski definition) is 0. The zero-order chi connectivity index (χ0) is 18.9. The fourth-order valence-electron chi connectivity index (χ4n) is 2.73. The third kappa shape index (κ3) is 3.87. The Morgan fingerprint density at radius 1 is 1.19 bits per heavy atom. The Balaban J connectivity index is 1.91. The third-order valence-corrected chi connectivity index (χ3v) is 6.16. The summed E-state index contributed by atoms with van der Waals surface area (Å²) in [4.78, 5) is 2.51. The highest BCUT2D eigenvalue weighted by molar-refractivity contribution is 7.91. The normalized spacial score (nSPS) is 12.2. The molecule has 0 amide bonds. The molecule has 0 N–H and O–H groups in total. The van der Waals surface area contributed by atoms with E-state index in [0.29, 0.717) is 24.3 Å². The van der Waals surface area contributed by atoms with Crippen molar-refractivity contribution in [3.8, 4) is 0 Å². The van der Waals surface area contributed by atoms with E-state index < -0.39 is 9.84 Å². The van der Waals surface area contributed by atoms with Crippen molar-refractivity contribution in [1.29, 1.82) is 0 Å². The van der Waals surface area contributed by atoms with Crippen molar-refractivity contribution in [3.05, 3.63) is 58.7 Å². The summed E-state index contributed by atoms with van der Waals surface area (Å²) in [6.07, 6.45) is 0. The summed E-state index contributed by atoms with van der Waals surface area (Å²) in [6.45, 7) is 2.61. The van der Waals surface area contributed by atoms with Crippen molar-refractivity contribution < 1.29 is 17.2 Å². The molecule has 3 aromatic rings. The van der Waals surface area contributed by atoms with Crippen LogP contribution in [0, 0.1) is 10.7 Å². The van der Waals surface area contributed by atoms with Gasteiger partial charge in [-0.2, -0.15) is 0 Å². The standard InChI is InChI=1S/C18H19FN2O3S2/c1-3-26(22,23)15-8-9-17-16(10-15)21(18(25)24-17)12-20(2)11-13-4-6-14(19)7-5-13/h4-10H,3,11-12H2,1-2H3. The first kappa shape index (κ1) is 18.8. The van der Waals surface area contributed by atoms with Gasteiger partial charge in [0.25, 0.3) is 4.84 Å².